The van der Waals surface area contributed by atoms with Crippen LogP contribution < -0.4 is 0 Å². The summed E-state index contributed by atoms with van der Waals surface area (Å²) in [7, 11) is 0. The molecular weight excluding hydrogens is 711 g/mol. The molecule has 0 atom stereocenters. The van der Waals surface area contributed by atoms with Gasteiger partial charge in [0.15, 0.2) is 0 Å². The molecule has 1 nitrogen and oxygen atoms in total. The molecule has 2 aliphatic carbocycles. The first-order valence-electron chi connectivity index (χ1n) is 20.5. The minimum atomic E-state index is -0.414. The van der Waals surface area contributed by atoms with Crippen LogP contribution in [0.2, 0.25) is 0 Å². The Morgan fingerprint density at radius 1 is 0.288 bits per heavy atom. The molecule has 0 unspecified atom stereocenters. The van der Waals surface area contributed by atoms with Gasteiger partial charge in [-0.1, -0.05) is 200 Å². The second-order valence-electron chi connectivity index (χ2n) is 15.8. The quantitative estimate of drug-likeness (QED) is 0.171. The number of benzene rings is 9. The number of rotatable bonds is 5. The van der Waals surface area contributed by atoms with Gasteiger partial charge in [-0.25, -0.2) is 4.98 Å². The predicted octanol–water partition coefficient (Wildman–Crippen LogP) is 14.9. The highest BCUT2D eigenvalue weighted by atomic mass is 14.7. The second-order valence-corrected chi connectivity index (χ2v) is 15.8. The maximum absolute atomic E-state index is 5.12. The van der Waals surface area contributed by atoms with E-state index in [0.717, 1.165) is 33.6 Å². The Hall–Kier alpha value is -7.61. The zero-order chi connectivity index (χ0) is 38.9. The fourth-order valence-electron chi connectivity index (χ4n) is 10.1. The molecule has 1 heteroatoms. The van der Waals surface area contributed by atoms with E-state index < -0.39 is 5.41 Å². The summed E-state index contributed by atoms with van der Waals surface area (Å²) in [5, 5.41) is 2.57. The average molecular weight is 748 g/mol. The Labute approximate surface area is 344 Å². The zero-order valence-electron chi connectivity index (χ0n) is 32.3. The van der Waals surface area contributed by atoms with Gasteiger partial charge in [0.2, 0.25) is 0 Å². The van der Waals surface area contributed by atoms with E-state index in [1.165, 1.54) is 77.5 Å². The van der Waals surface area contributed by atoms with Crippen molar-refractivity contribution in [1.82, 2.24) is 4.98 Å². The molecule has 1 spiro atoms. The minimum absolute atomic E-state index is 0.414. The van der Waals surface area contributed by atoms with Crippen LogP contribution in [0.15, 0.2) is 224 Å². The lowest BCUT2D eigenvalue weighted by Crippen LogP contribution is -2.26. The molecule has 10 aromatic rings. The minimum Gasteiger partial charge on any atom is -0.248 e. The molecule has 0 saturated carbocycles. The summed E-state index contributed by atoms with van der Waals surface area (Å²) in [6.45, 7) is 0. The van der Waals surface area contributed by atoms with Crippen molar-refractivity contribution < 1.29 is 0 Å². The molecule has 12 rings (SSSR count). The van der Waals surface area contributed by atoms with Crippen molar-refractivity contribution >= 4 is 10.8 Å². The van der Waals surface area contributed by atoms with Crippen molar-refractivity contribution in [2.75, 3.05) is 0 Å². The fraction of sp³-hybridized carbons (Fsp3) is 0.0172. The summed E-state index contributed by atoms with van der Waals surface area (Å²) in [6.07, 6.45) is 0. The normalized spacial score (nSPS) is 12.9. The van der Waals surface area contributed by atoms with Crippen LogP contribution >= 0.6 is 0 Å². The maximum atomic E-state index is 5.12. The summed E-state index contributed by atoms with van der Waals surface area (Å²) in [5.74, 6) is 0. The lowest BCUT2D eigenvalue weighted by molar-refractivity contribution is 0.801. The van der Waals surface area contributed by atoms with E-state index in [1.807, 2.05) is 0 Å². The Morgan fingerprint density at radius 2 is 0.763 bits per heavy atom. The van der Waals surface area contributed by atoms with E-state index in [-0.39, 0.29) is 0 Å². The van der Waals surface area contributed by atoms with Crippen molar-refractivity contribution in [2.45, 2.75) is 5.41 Å². The molecule has 2 aliphatic rings. The Morgan fingerprint density at radius 3 is 1.39 bits per heavy atom. The van der Waals surface area contributed by atoms with Crippen LogP contribution in [0.1, 0.15) is 22.3 Å². The van der Waals surface area contributed by atoms with Crippen LogP contribution in [0.25, 0.3) is 88.9 Å². The first kappa shape index (κ1) is 33.5. The van der Waals surface area contributed by atoms with Gasteiger partial charge in [0.25, 0.3) is 0 Å². The van der Waals surface area contributed by atoms with Gasteiger partial charge in [-0.05, 0) is 113 Å². The molecule has 1 heterocycles. The van der Waals surface area contributed by atoms with E-state index in [0.29, 0.717) is 0 Å². The van der Waals surface area contributed by atoms with Crippen molar-refractivity contribution in [3.05, 3.63) is 247 Å². The molecule has 0 radical (unpaired) electrons. The Bertz CT molecular complexity index is 3150. The van der Waals surface area contributed by atoms with Crippen molar-refractivity contribution in [3.8, 4) is 78.1 Å². The third-order valence-corrected chi connectivity index (χ3v) is 12.7. The van der Waals surface area contributed by atoms with E-state index in [1.54, 1.807) is 0 Å². The van der Waals surface area contributed by atoms with Gasteiger partial charge in [-0.3, -0.25) is 0 Å². The van der Waals surface area contributed by atoms with E-state index in [9.17, 15) is 0 Å². The highest BCUT2D eigenvalue weighted by Crippen LogP contribution is 2.65. The molecule has 0 fully saturated rings. The van der Waals surface area contributed by atoms with Crippen LogP contribution in [0, 0.1) is 0 Å². The standard InChI is InChI=1S/C58H37N/c1-3-16-40(17-4-1)54-36-45(37-55(59-54)41-18-5-2-6-19-41)43-22-15-21-42(34-43)38-30-32-39(33-31-38)50-35-44-20-7-8-23-46(44)57-56(50)49-26-11-14-29-53(49)58(57)51-27-12-9-24-47(51)48-25-10-13-28-52(48)58/h1-37H. The zero-order valence-corrected chi connectivity index (χ0v) is 32.3. The molecule has 274 valence electrons. The van der Waals surface area contributed by atoms with Crippen LogP contribution in [0.4, 0.5) is 0 Å². The maximum Gasteiger partial charge on any atom is 0.0731 e. The molecule has 0 aliphatic heterocycles. The van der Waals surface area contributed by atoms with Crippen LogP contribution in [0.5, 0.6) is 0 Å². The van der Waals surface area contributed by atoms with Crippen LogP contribution in [0.3, 0.4) is 0 Å². The number of aromatic nitrogens is 1. The Kier molecular flexibility index (Phi) is 7.52. The van der Waals surface area contributed by atoms with Gasteiger partial charge in [0, 0.05) is 11.1 Å². The largest absolute Gasteiger partial charge is 0.248 e. The third-order valence-electron chi connectivity index (χ3n) is 12.7. The van der Waals surface area contributed by atoms with Crippen LogP contribution in [-0.4, -0.2) is 4.98 Å². The molecule has 1 aromatic heterocycles. The first-order chi connectivity index (χ1) is 29.3. The number of nitrogens with zero attached hydrogens (tertiary/aromatic N) is 1. The van der Waals surface area contributed by atoms with Gasteiger partial charge >= 0.3 is 0 Å². The SMILES string of the molecule is c1ccc(-c2cc(-c3cccc(-c4ccc(-c5cc6ccccc6c6c5-c5ccccc5C65c6ccccc6-c6ccccc65)cc4)c3)cc(-c3ccccc3)n2)cc1. The highest BCUT2D eigenvalue weighted by Gasteiger charge is 2.52. The average Bonchev–Trinajstić information content (AvgIpc) is 3.80. The molecular formula is C58H37N. The van der Waals surface area contributed by atoms with Gasteiger partial charge < -0.3 is 0 Å². The summed E-state index contributed by atoms with van der Waals surface area (Å²) in [4.78, 5) is 5.12. The molecule has 9 aromatic carbocycles. The second kappa shape index (κ2) is 13.2. The molecule has 0 amide bonds. The lowest BCUT2D eigenvalue weighted by atomic mass is 9.69. The van der Waals surface area contributed by atoms with Crippen LogP contribution in [-0.2, 0) is 5.41 Å². The summed E-state index contributed by atoms with van der Waals surface area (Å²) in [6, 6.07) is 82.2. The van der Waals surface area contributed by atoms with E-state index >= 15 is 0 Å². The molecule has 59 heavy (non-hydrogen) atoms. The smallest absolute Gasteiger partial charge is 0.0731 e. The van der Waals surface area contributed by atoms with Crippen molar-refractivity contribution in [1.29, 1.82) is 0 Å². The Balaban J connectivity index is 1.00. The molecule has 0 bridgehead atoms. The summed E-state index contributed by atoms with van der Waals surface area (Å²) < 4.78 is 0. The van der Waals surface area contributed by atoms with Gasteiger partial charge in [-0.2, -0.15) is 0 Å². The summed E-state index contributed by atoms with van der Waals surface area (Å²) in [5.41, 5.74) is 21.7. The molecule has 0 N–H and O–H groups in total. The van der Waals surface area contributed by atoms with Gasteiger partial charge in [0.05, 0.1) is 16.8 Å². The fourth-order valence-corrected chi connectivity index (χ4v) is 10.1. The number of hydrogen-bond acceptors (Lipinski definition) is 1. The lowest BCUT2D eigenvalue weighted by Gasteiger charge is -2.31. The highest BCUT2D eigenvalue weighted by molar-refractivity contribution is 6.09. The number of fused-ring (bicyclic) bond motifs is 12. The first-order valence-corrected chi connectivity index (χ1v) is 20.5. The molecule has 0 saturated heterocycles. The van der Waals surface area contributed by atoms with Crippen molar-refractivity contribution in [2.24, 2.45) is 0 Å². The van der Waals surface area contributed by atoms with E-state index in [4.69, 9.17) is 4.98 Å². The van der Waals surface area contributed by atoms with E-state index in [2.05, 4.69) is 224 Å². The monoisotopic (exact) mass is 747 g/mol. The number of pyridine rings is 1. The van der Waals surface area contributed by atoms with Gasteiger partial charge in [0.1, 0.15) is 0 Å². The van der Waals surface area contributed by atoms with Crippen molar-refractivity contribution in [3.63, 3.8) is 0 Å². The number of hydrogen-bond donors (Lipinski definition) is 0. The third kappa shape index (κ3) is 5.08. The predicted molar refractivity (Wildman–Crippen MR) is 245 cm³/mol. The van der Waals surface area contributed by atoms with Gasteiger partial charge in [-0.15, -0.1) is 0 Å². The summed E-state index contributed by atoms with van der Waals surface area (Å²) >= 11 is 0. The topological polar surface area (TPSA) is 12.9 Å².